The molecule has 1 aliphatic carbocycles. The number of ether oxygens (including phenoxy) is 1. The van der Waals surface area contributed by atoms with Gasteiger partial charge in [-0.2, -0.15) is 0 Å². The van der Waals surface area contributed by atoms with Crippen molar-refractivity contribution in [2.75, 3.05) is 13.7 Å². The van der Waals surface area contributed by atoms with Crippen LogP contribution in [0.15, 0.2) is 0 Å². The molecule has 5 nitrogen and oxygen atoms in total. The molecule has 1 saturated carbocycles. The number of amides is 1. The minimum atomic E-state index is -0.575. The van der Waals surface area contributed by atoms with Gasteiger partial charge in [0.25, 0.3) is 5.91 Å². The van der Waals surface area contributed by atoms with E-state index in [2.05, 4.69) is 0 Å². The first kappa shape index (κ1) is 15.0. The predicted octanol–water partition coefficient (Wildman–Crippen LogP) is 1.69. The Morgan fingerprint density at radius 2 is 1.60 bits per heavy atom. The van der Waals surface area contributed by atoms with E-state index in [4.69, 9.17) is 4.74 Å². The highest BCUT2D eigenvalue weighted by Gasteiger charge is 2.38. The summed E-state index contributed by atoms with van der Waals surface area (Å²) in [6, 6.07) is -0.575. The van der Waals surface area contributed by atoms with Gasteiger partial charge in [0.1, 0.15) is 6.04 Å². The average Bonchev–Trinajstić information content (AvgIpc) is 2.53. The van der Waals surface area contributed by atoms with Gasteiger partial charge in [0.2, 0.25) is 5.78 Å². The number of ketones is 1. The van der Waals surface area contributed by atoms with Crippen molar-refractivity contribution >= 4 is 17.7 Å². The second-order valence-electron chi connectivity index (χ2n) is 5.73. The molecule has 0 spiro atoms. The van der Waals surface area contributed by atoms with E-state index < -0.39 is 17.9 Å². The fourth-order valence-electron chi connectivity index (χ4n) is 3.24. The van der Waals surface area contributed by atoms with Crippen LogP contribution in [0.5, 0.6) is 0 Å². The van der Waals surface area contributed by atoms with Crippen LogP contribution in [0.3, 0.4) is 0 Å². The van der Waals surface area contributed by atoms with Gasteiger partial charge in [0, 0.05) is 12.5 Å². The number of likely N-dealkylation sites (tertiary alicyclic amines) is 1. The molecule has 1 saturated heterocycles. The molecule has 2 rings (SSSR count). The molecule has 0 aromatic carbocycles. The Labute approximate surface area is 119 Å². The normalized spacial score (nSPS) is 24.2. The number of nitrogens with zero attached hydrogens (tertiary/aromatic N) is 1. The predicted molar refractivity (Wildman–Crippen MR) is 73.0 cm³/mol. The number of Topliss-reactive ketones (excluding diaryl/α,β-unsaturated/α-hetero) is 1. The molecule has 0 N–H and O–H groups in total. The van der Waals surface area contributed by atoms with E-state index in [1.165, 1.54) is 12.0 Å². The largest absolute Gasteiger partial charge is 0.467 e. The maximum absolute atomic E-state index is 12.4. The maximum atomic E-state index is 12.4. The molecule has 20 heavy (non-hydrogen) atoms. The van der Waals surface area contributed by atoms with Crippen molar-refractivity contribution in [1.82, 2.24) is 4.90 Å². The highest BCUT2D eigenvalue weighted by Crippen LogP contribution is 2.26. The van der Waals surface area contributed by atoms with Gasteiger partial charge in [-0.25, -0.2) is 4.79 Å². The summed E-state index contributed by atoms with van der Waals surface area (Å²) in [7, 11) is 1.32. The molecule has 1 atom stereocenters. The molecule has 1 aliphatic heterocycles. The fraction of sp³-hybridized carbons (Fsp3) is 0.800. The standard InChI is InChI=1S/C15H23NO4/c1-20-15(19)12-9-5-6-10-16(12)14(18)13(17)11-7-3-2-4-8-11/h11-12H,2-10H2,1H3/t12-/m0/s1. The van der Waals surface area contributed by atoms with Crippen LogP contribution < -0.4 is 0 Å². The Hall–Kier alpha value is -1.39. The van der Waals surface area contributed by atoms with Gasteiger partial charge < -0.3 is 9.64 Å². The lowest BCUT2D eigenvalue weighted by atomic mass is 9.85. The molecular formula is C15H23NO4. The summed E-state index contributed by atoms with van der Waals surface area (Å²) in [5, 5.41) is 0. The van der Waals surface area contributed by atoms with Crippen molar-refractivity contribution in [2.45, 2.75) is 57.4 Å². The number of rotatable bonds is 3. The Morgan fingerprint density at radius 1 is 0.950 bits per heavy atom. The fourth-order valence-corrected chi connectivity index (χ4v) is 3.24. The summed E-state index contributed by atoms with van der Waals surface area (Å²) in [4.78, 5) is 37.9. The van der Waals surface area contributed by atoms with Gasteiger partial charge in [0.05, 0.1) is 7.11 Å². The second kappa shape index (κ2) is 6.86. The van der Waals surface area contributed by atoms with Crippen molar-refractivity contribution in [1.29, 1.82) is 0 Å². The van der Waals surface area contributed by atoms with Crippen LogP contribution in [0.4, 0.5) is 0 Å². The average molecular weight is 281 g/mol. The van der Waals surface area contributed by atoms with Crippen molar-refractivity contribution in [2.24, 2.45) is 5.92 Å². The maximum Gasteiger partial charge on any atom is 0.328 e. The van der Waals surface area contributed by atoms with Gasteiger partial charge in [-0.3, -0.25) is 9.59 Å². The number of hydrogen-bond acceptors (Lipinski definition) is 4. The Balaban J connectivity index is 2.04. The summed E-state index contributed by atoms with van der Waals surface area (Å²) in [6.45, 7) is 0.483. The van der Waals surface area contributed by atoms with Crippen LogP contribution in [-0.2, 0) is 19.1 Å². The smallest absolute Gasteiger partial charge is 0.328 e. The van der Waals surface area contributed by atoms with Gasteiger partial charge in [0.15, 0.2) is 0 Å². The number of esters is 1. The molecule has 5 heteroatoms. The van der Waals surface area contributed by atoms with E-state index in [0.29, 0.717) is 13.0 Å². The van der Waals surface area contributed by atoms with E-state index in [9.17, 15) is 14.4 Å². The SMILES string of the molecule is COC(=O)[C@@H]1CCCCN1C(=O)C(=O)C1CCCCC1. The second-order valence-corrected chi connectivity index (χ2v) is 5.73. The Morgan fingerprint density at radius 3 is 2.25 bits per heavy atom. The van der Waals surface area contributed by atoms with Crippen molar-refractivity contribution in [3.05, 3.63) is 0 Å². The van der Waals surface area contributed by atoms with Crippen molar-refractivity contribution < 1.29 is 19.1 Å². The first-order valence-electron chi connectivity index (χ1n) is 7.57. The molecule has 0 aromatic heterocycles. The highest BCUT2D eigenvalue weighted by molar-refractivity contribution is 6.37. The summed E-state index contributed by atoms with van der Waals surface area (Å²) < 4.78 is 4.75. The van der Waals surface area contributed by atoms with Gasteiger partial charge in [-0.1, -0.05) is 19.3 Å². The summed E-state index contributed by atoms with van der Waals surface area (Å²) in [5.41, 5.74) is 0. The molecule has 1 heterocycles. The van der Waals surface area contributed by atoms with Crippen molar-refractivity contribution in [3.63, 3.8) is 0 Å². The van der Waals surface area contributed by atoms with Gasteiger partial charge >= 0.3 is 5.97 Å². The number of carbonyl (C=O) groups excluding carboxylic acids is 3. The molecule has 2 aliphatic rings. The lowest BCUT2D eigenvalue weighted by Crippen LogP contribution is -2.52. The van der Waals surface area contributed by atoms with Crippen LogP contribution >= 0.6 is 0 Å². The molecule has 0 radical (unpaired) electrons. The molecule has 0 bridgehead atoms. The van der Waals surface area contributed by atoms with Crippen LogP contribution in [0.2, 0.25) is 0 Å². The van der Waals surface area contributed by atoms with Gasteiger partial charge in [-0.05, 0) is 32.1 Å². The Kier molecular flexibility index (Phi) is 5.15. The summed E-state index contributed by atoms with van der Waals surface area (Å²) in [6.07, 6.45) is 7.12. The van der Waals surface area contributed by atoms with E-state index in [1.807, 2.05) is 0 Å². The summed E-state index contributed by atoms with van der Waals surface area (Å²) >= 11 is 0. The minimum Gasteiger partial charge on any atom is -0.467 e. The van der Waals surface area contributed by atoms with Crippen LogP contribution in [0, 0.1) is 5.92 Å². The third-order valence-corrected chi connectivity index (χ3v) is 4.42. The van der Waals surface area contributed by atoms with E-state index in [-0.39, 0.29) is 11.7 Å². The molecule has 1 amide bonds. The summed E-state index contributed by atoms with van der Waals surface area (Å²) in [5.74, 6) is -1.33. The third-order valence-electron chi connectivity index (χ3n) is 4.42. The molecule has 2 fully saturated rings. The number of carbonyl (C=O) groups is 3. The van der Waals surface area contributed by atoms with E-state index >= 15 is 0 Å². The zero-order valence-corrected chi connectivity index (χ0v) is 12.1. The van der Waals surface area contributed by atoms with Crippen LogP contribution in [0.25, 0.3) is 0 Å². The number of piperidine rings is 1. The minimum absolute atomic E-state index is 0.142. The van der Waals surface area contributed by atoms with Gasteiger partial charge in [-0.15, -0.1) is 0 Å². The molecule has 112 valence electrons. The zero-order valence-electron chi connectivity index (χ0n) is 12.1. The topological polar surface area (TPSA) is 63.7 Å². The molecular weight excluding hydrogens is 258 g/mol. The molecule has 0 unspecified atom stereocenters. The Bertz CT molecular complexity index is 387. The highest BCUT2D eigenvalue weighted by atomic mass is 16.5. The van der Waals surface area contributed by atoms with Crippen LogP contribution in [-0.4, -0.2) is 42.3 Å². The lowest BCUT2D eigenvalue weighted by Gasteiger charge is -2.34. The monoisotopic (exact) mass is 281 g/mol. The molecule has 0 aromatic rings. The zero-order chi connectivity index (χ0) is 14.5. The number of hydrogen-bond donors (Lipinski definition) is 0. The quantitative estimate of drug-likeness (QED) is 0.583. The lowest BCUT2D eigenvalue weighted by molar-refractivity contribution is -0.158. The number of methoxy groups -OCH3 is 1. The van der Waals surface area contributed by atoms with E-state index in [1.54, 1.807) is 0 Å². The van der Waals surface area contributed by atoms with Crippen LogP contribution in [0.1, 0.15) is 51.4 Å². The first-order valence-corrected chi connectivity index (χ1v) is 7.57. The first-order chi connectivity index (χ1) is 9.65. The third kappa shape index (κ3) is 3.19. The van der Waals surface area contributed by atoms with E-state index in [0.717, 1.165) is 44.9 Å². The van der Waals surface area contributed by atoms with Crippen molar-refractivity contribution in [3.8, 4) is 0 Å².